The number of nitrogens with zero attached hydrogens (tertiary/aromatic N) is 1. The summed E-state index contributed by atoms with van der Waals surface area (Å²) >= 11 is 9.17. The van der Waals surface area contributed by atoms with Crippen molar-refractivity contribution in [2.24, 2.45) is 10.9 Å². The maximum atomic E-state index is 13.7. The summed E-state index contributed by atoms with van der Waals surface area (Å²) in [7, 11) is 0. The van der Waals surface area contributed by atoms with E-state index in [4.69, 9.17) is 27.3 Å². The van der Waals surface area contributed by atoms with E-state index in [0.29, 0.717) is 21.9 Å². The van der Waals surface area contributed by atoms with Gasteiger partial charge in [0.15, 0.2) is 5.84 Å². The summed E-state index contributed by atoms with van der Waals surface area (Å²) in [6, 6.07) is 9.21. The predicted octanol–water partition coefficient (Wildman–Crippen LogP) is 3.92. The van der Waals surface area contributed by atoms with Gasteiger partial charge >= 0.3 is 0 Å². The molecule has 4 nitrogen and oxygen atoms in total. The SMILES string of the molecule is N/C(=N/O)c1ccc(Cl)cc1OCc1cc(Br)ccc1F. The Morgan fingerprint density at radius 3 is 2.81 bits per heavy atom. The molecule has 0 aromatic heterocycles. The Balaban J connectivity index is 2.27. The first-order chi connectivity index (χ1) is 10.0. The fourth-order valence-corrected chi connectivity index (χ4v) is 2.26. The molecule has 0 atom stereocenters. The average Bonchev–Trinajstić information content (AvgIpc) is 2.47. The lowest BCUT2D eigenvalue weighted by atomic mass is 10.2. The van der Waals surface area contributed by atoms with Crippen LogP contribution < -0.4 is 10.5 Å². The number of amidine groups is 1. The summed E-state index contributed by atoms with van der Waals surface area (Å²) in [4.78, 5) is 0. The van der Waals surface area contributed by atoms with Crippen molar-refractivity contribution in [3.63, 3.8) is 0 Å². The number of hydrogen-bond donors (Lipinski definition) is 2. The summed E-state index contributed by atoms with van der Waals surface area (Å²) in [6.07, 6.45) is 0. The first-order valence-corrected chi connectivity index (χ1v) is 7.02. The number of nitrogens with two attached hydrogens (primary N) is 1. The van der Waals surface area contributed by atoms with Crippen LogP contribution in [0.5, 0.6) is 5.75 Å². The molecule has 3 N–H and O–H groups in total. The maximum Gasteiger partial charge on any atom is 0.173 e. The number of oxime groups is 1. The molecule has 0 spiro atoms. The standard InChI is InChI=1S/C14H11BrClFN2O2/c15-9-1-4-12(17)8(5-9)7-21-13-6-10(16)2-3-11(13)14(18)19-20/h1-6,20H,7H2,(H2,18,19). The normalized spacial score (nSPS) is 11.5. The molecule has 110 valence electrons. The van der Waals surface area contributed by atoms with Crippen LogP contribution in [0.1, 0.15) is 11.1 Å². The second kappa shape index (κ2) is 6.78. The zero-order valence-corrected chi connectivity index (χ0v) is 13.0. The number of hydrogen-bond acceptors (Lipinski definition) is 3. The second-order valence-electron chi connectivity index (χ2n) is 4.15. The molecular formula is C14H11BrClFN2O2. The van der Waals surface area contributed by atoms with E-state index in [1.165, 1.54) is 12.1 Å². The summed E-state index contributed by atoms with van der Waals surface area (Å²) in [5.41, 5.74) is 6.31. The van der Waals surface area contributed by atoms with Crippen molar-refractivity contribution in [1.29, 1.82) is 0 Å². The van der Waals surface area contributed by atoms with Crippen LogP contribution in [0.2, 0.25) is 5.02 Å². The lowest BCUT2D eigenvalue weighted by Crippen LogP contribution is -2.15. The van der Waals surface area contributed by atoms with Gasteiger partial charge < -0.3 is 15.7 Å². The molecule has 0 saturated carbocycles. The minimum Gasteiger partial charge on any atom is -0.488 e. The van der Waals surface area contributed by atoms with Gasteiger partial charge in [0.2, 0.25) is 0 Å². The third-order valence-electron chi connectivity index (χ3n) is 2.72. The molecule has 0 saturated heterocycles. The highest BCUT2D eigenvalue weighted by molar-refractivity contribution is 9.10. The molecule has 0 aliphatic rings. The van der Waals surface area contributed by atoms with Crippen molar-refractivity contribution >= 4 is 33.4 Å². The molecule has 0 bridgehead atoms. The molecule has 0 fully saturated rings. The molecule has 0 amide bonds. The zero-order valence-electron chi connectivity index (χ0n) is 10.7. The summed E-state index contributed by atoms with van der Waals surface area (Å²) in [5, 5.41) is 12.1. The van der Waals surface area contributed by atoms with Gasteiger partial charge in [-0.3, -0.25) is 0 Å². The van der Waals surface area contributed by atoms with Gasteiger partial charge in [-0.2, -0.15) is 0 Å². The van der Waals surface area contributed by atoms with Crippen LogP contribution in [-0.2, 0) is 6.61 Å². The molecule has 0 unspecified atom stereocenters. The fraction of sp³-hybridized carbons (Fsp3) is 0.0714. The van der Waals surface area contributed by atoms with Crippen LogP contribution in [0.15, 0.2) is 46.0 Å². The molecule has 2 aromatic rings. The molecule has 7 heteroatoms. The highest BCUT2D eigenvalue weighted by Crippen LogP contribution is 2.25. The van der Waals surface area contributed by atoms with Gasteiger partial charge in [-0.15, -0.1) is 0 Å². The minimum absolute atomic E-state index is 0.0165. The van der Waals surface area contributed by atoms with E-state index < -0.39 is 0 Å². The van der Waals surface area contributed by atoms with Crippen LogP contribution >= 0.6 is 27.5 Å². The Bertz CT molecular complexity index is 695. The molecule has 2 aromatic carbocycles. The van der Waals surface area contributed by atoms with Crippen molar-refractivity contribution in [1.82, 2.24) is 0 Å². The number of ether oxygens (including phenoxy) is 1. The van der Waals surface area contributed by atoms with Crippen molar-refractivity contribution in [3.05, 3.63) is 62.8 Å². The van der Waals surface area contributed by atoms with E-state index in [9.17, 15) is 4.39 Å². The van der Waals surface area contributed by atoms with Gasteiger partial charge in [0.25, 0.3) is 0 Å². The third-order valence-corrected chi connectivity index (χ3v) is 3.45. The third kappa shape index (κ3) is 3.86. The maximum absolute atomic E-state index is 13.7. The summed E-state index contributed by atoms with van der Waals surface area (Å²) in [6.45, 7) is -0.0165. The molecule has 0 aliphatic carbocycles. The van der Waals surface area contributed by atoms with Crippen LogP contribution in [-0.4, -0.2) is 11.0 Å². The fourth-order valence-electron chi connectivity index (χ4n) is 1.69. The number of benzene rings is 2. The Labute approximate surface area is 134 Å². The van der Waals surface area contributed by atoms with Gasteiger partial charge in [-0.1, -0.05) is 32.7 Å². The van der Waals surface area contributed by atoms with Gasteiger partial charge in [-0.25, -0.2) is 4.39 Å². The molecular weight excluding hydrogens is 363 g/mol. The molecule has 0 radical (unpaired) electrons. The Kier molecular flexibility index (Phi) is 5.03. The van der Waals surface area contributed by atoms with Crippen LogP contribution in [0.3, 0.4) is 0 Å². The Morgan fingerprint density at radius 1 is 1.33 bits per heavy atom. The molecule has 21 heavy (non-hydrogen) atoms. The second-order valence-corrected chi connectivity index (χ2v) is 5.50. The lowest BCUT2D eigenvalue weighted by molar-refractivity contribution is 0.297. The summed E-state index contributed by atoms with van der Waals surface area (Å²) < 4.78 is 19.9. The first kappa shape index (κ1) is 15.6. The molecule has 0 aliphatic heterocycles. The van der Waals surface area contributed by atoms with Crippen molar-refractivity contribution in [2.45, 2.75) is 6.61 Å². The predicted molar refractivity (Wildman–Crippen MR) is 82.4 cm³/mol. The highest BCUT2D eigenvalue weighted by atomic mass is 79.9. The van der Waals surface area contributed by atoms with Crippen molar-refractivity contribution in [2.75, 3.05) is 0 Å². The topological polar surface area (TPSA) is 67.8 Å². The van der Waals surface area contributed by atoms with Gasteiger partial charge in [-0.05, 0) is 36.4 Å². The van der Waals surface area contributed by atoms with Crippen molar-refractivity contribution in [3.8, 4) is 5.75 Å². The van der Waals surface area contributed by atoms with E-state index in [1.54, 1.807) is 24.3 Å². The van der Waals surface area contributed by atoms with E-state index in [1.807, 2.05) is 0 Å². The smallest absolute Gasteiger partial charge is 0.173 e. The van der Waals surface area contributed by atoms with Crippen LogP contribution in [0.25, 0.3) is 0 Å². The lowest BCUT2D eigenvalue weighted by Gasteiger charge is -2.12. The number of halogens is 3. The van der Waals surface area contributed by atoms with Crippen LogP contribution in [0, 0.1) is 5.82 Å². The Hall–Kier alpha value is -1.79. The van der Waals surface area contributed by atoms with Gasteiger partial charge in [0, 0.05) is 15.1 Å². The molecule has 2 rings (SSSR count). The Morgan fingerprint density at radius 2 is 2.10 bits per heavy atom. The van der Waals surface area contributed by atoms with Gasteiger partial charge in [0.05, 0.1) is 5.56 Å². The van der Waals surface area contributed by atoms with E-state index in [0.717, 1.165) is 4.47 Å². The van der Waals surface area contributed by atoms with E-state index >= 15 is 0 Å². The van der Waals surface area contributed by atoms with Crippen molar-refractivity contribution < 1.29 is 14.3 Å². The zero-order chi connectivity index (χ0) is 15.4. The molecule has 0 heterocycles. The van der Waals surface area contributed by atoms with E-state index in [-0.39, 0.29) is 18.3 Å². The number of rotatable bonds is 4. The minimum atomic E-state index is -0.384. The first-order valence-electron chi connectivity index (χ1n) is 5.85. The average molecular weight is 374 g/mol. The largest absolute Gasteiger partial charge is 0.488 e. The quantitative estimate of drug-likeness (QED) is 0.369. The van der Waals surface area contributed by atoms with Crippen LogP contribution in [0.4, 0.5) is 4.39 Å². The van der Waals surface area contributed by atoms with E-state index in [2.05, 4.69) is 21.1 Å². The van der Waals surface area contributed by atoms with Gasteiger partial charge in [0.1, 0.15) is 18.2 Å². The monoisotopic (exact) mass is 372 g/mol. The highest BCUT2D eigenvalue weighted by Gasteiger charge is 2.11. The summed E-state index contributed by atoms with van der Waals surface area (Å²) in [5.74, 6) is -0.195.